The smallest absolute Gasteiger partial charge is 0.267 e. The molecule has 0 spiro atoms. The number of amides is 2. The fraction of sp³-hybridized carbons (Fsp3) is 0.238. The van der Waals surface area contributed by atoms with Gasteiger partial charge in [-0.15, -0.1) is 0 Å². The number of carbonyl (C=O) groups excluding carboxylic acids is 2. The minimum absolute atomic E-state index is 0.358. The fourth-order valence-electron chi connectivity index (χ4n) is 2.92. The Morgan fingerprint density at radius 2 is 1.48 bits per heavy atom. The van der Waals surface area contributed by atoms with E-state index in [-0.39, 0.29) is 5.91 Å². The Labute approximate surface area is 158 Å². The first-order valence-electron chi connectivity index (χ1n) is 8.99. The van der Waals surface area contributed by atoms with Gasteiger partial charge in [-0.1, -0.05) is 32.0 Å². The lowest BCUT2D eigenvalue weighted by Gasteiger charge is -2.10. The summed E-state index contributed by atoms with van der Waals surface area (Å²) in [5.74, 6) is -0.763. The van der Waals surface area contributed by atoms with Crippen LogP contribution in [-0.4, -0.2) is 21.8 Å². The highest BCUT2D eigenvalue weighted by Crippen LogP contribution is 2.16. The number of nitrogens with one attached hydrogen (secondary N) is 2. The summed E-state index contributed by atoms with van der Waals surface area (Å²) in [6.07, 6.45) is 1.61. The summed E-state index contributed by atoms with van der Waals surface area (Å²) >= 11 is 0. The zero-order valence-corrected chi connectivity index (χ0v) is 15.7. The minimum atomic E-state index is -0.404. The number of hydrogen-bond acceptors (Lipinski definition) is 4. The van der Waals surface area contributed by atoms with Gasteiger partial charge in [0, 0.05) is 11.1 Å². The van der Waals surface area contributed by atoms with Crippen LogP contribution in [0.15, 0.2) is 42.5 Å². The number of carbonyl (C=O) groups is 2. The molecule has 0 radical (unpaired) electrons. The standard InChI is InChI=1S/C21H22N4O2/c1-4-16-17(5-2)23-19-12-14(10-11-18(19)22-16)20(26)24-25-21(27)15-9-7-6-8-13(15)3/h6-12H,4-5H2,1-3H3,(H,24,26)(H,25,27). The highest BCUT2D eigenvalue weighted by molar-refractivity contribution is 6.01. The van der Waals surface area contributed by atoms with Gasteiger partial charge in [-0.25, -0.2) is 9.97 Å². The number of fused-ring (bicyclic) bond motifs is 1. The maximum absolute atomic E-state index is 12.4. The van der Waals surface area contributed by atoms with Crippen molar-refractivity contribution >= 4 is 22.8 Å². The van der Waals surface area contributed by atoms with E-state index in [0.717, 1.165) is 35.3 Å². The molecule has 2 amide bonds. The highest BCUT2D eigenvalue weighted by Gasteiger charge is 2.13. The Balaban J connectivity index is 1.77. The SMILES string of the molecule is CCc1nc2ccc(C(=O)NNC(=O)c3ccccc3C)cc2nc1CC. The molecule has 0 bridgehead atoms. The van der Waals surface area contributed by atoms with Gasteiger partial charge >= 0.3 is 0 Å². The van der Waals surface area contributed by atoms with Crippen LogP contribution in [0.4, 0.5) is 0 Å². The molecule has 1 aromatic heterocycles. The summed E-state index contributed by atoms with van der Waals surface area (Å²) in [7, 11) is 0. The Morgan fingerprint density at radius 1 is 0.852 bits per heavy atom. The lowest BCUT2D eigenvalue weighted by molar-refractivity contribution is 0.0846. The molecule has 3 rings (SSSR count). The molecule has 2 aromatic carbocycles. The van der Waals surface area contributed by atoms with Crippen LogP contribution >= 0.6 is 0 Å². The first-order chi connectivity index (χ1) is 13.0. The predicted molar refractivity (Wildman–Crippen MR) is 104 cm³/mol. The molecule has 0 saturated carbocycles. The monoisotopic (exact) mass is 362 g/mol. The van der Waals surface area contributed by atoms with Gasteiger partial charge in [0.1, 0.15) is 0 Å². The number of aryl methyl sites for hydroxylation is 3. The van der Waals surface area contributed by atoms with E-state index in [4.69, 9.17) is 0 Å². The van der Waals surface area contributed by atoms with Crippen LogP contribution in [0.5, 0.6) is 0 Å². The van der Waals surface area contributed by atoms with E-state index in [2.05, 4.69) is 20.8 Å². The van der Waals surface area contributed by atoms with Crippen LogP contribution in [0, 0.1) is 6.92 Å². The molecule has 3 aromatic rings. The van der Waals surface area contributed by atoms with E-state index < -0.39 is 5.91 Å². The molecule has 0 atom stereocenters. The number of hydrogen-bond donors (Lipinski definition) is 2. The van der Waals surface area contributed by atoms with Crippen molar-refractivity contribution in [1.29, 1.82) is 0 Å². The maximum Gasteiger partial charge on any atom is 0.269 e. The van der Waals surface area contributed by atoms with Gasteiger partial charge in [0.25, 0.3) is 11.8 Å². The molecule has 0 fully saturated rings. The summed E-state index contributed by atoms with van der Waals surface area (Å²) in [5.41, 5.74) is 10.0. The van der Waals surface area contributed by atoms with E-state index in [0.29, 0.717) is 16.6 Å². The number of hydrazine groups is 1. The molecule has 6 heteroatoms. The van der Waals surface area contributed by atoms with Crippen molar-refractivity contribution in [1.82, 2.24) is 20.8 Å². The highest BCUT2D eigenvalue weighted by atomic mass is 16.2. The van der Waals surface area contributed by atoms with Crippen LogP contribution in [0.3, 0.4) is 0 Å². The molecule has 0 aliphatic carbocycles. The van der Waals surface area contributed by atoms with Crippen LogP contribution in [0.2, 0.25) is 0 Å². The van der Waals surface area contributed by atoms with Gasteiger partial charge in [-0.2, -0.15) is 0 Å². The van der Waals surface area contributed by atoms with Gasteiger partial charge in [0.2, 0.25) is 0 Å². The van der Waals surface area contributed by atoms with Crippen LogP contribution in [0.1, 0.15) is 51.5 Å². The normalized spacial score (nSPS) is 10.6. The van der Waals surface area contributed by atoms with Crippen LogP contribution in [0.25, 0.3) is 11.0 Å². The summed E-state index contributed by atoms with van der Waals surface area (Å²) in [5, 5.41) is 0. The minimum Gasteiger partial charge on any atom is -0.267 e. The molecule has 0 unspecified atom stereocenters. The van der Waals surface area contributed by atoms with E-state index >= 15 is 0 Å². The first-order valence-corrected chi connectivity index (χ1v) is 8.99. The van der Waals surface area contributed by atoms with E-state index in [9.17, 15) is 9.59 Å². The summed E-state index contributed by atoms with van der Waals surface area (Å²) in [4.78, 5) is 33.9. The second-order valence-electron chi connectivity index (χ2n) is 6.25. The van der Waals surface area contributed by atoms with Crippen molar-refractivity contribution in [3.8, 4) is 0 Å². The largest absolute Gasteiger partial charge is 0.269 e. The van der Waals surface area contributed by atoms with E-state index in [1.807, 2.05) is 32.9 Å². The van der Waals surface area contributed by atoms with Gasteiger partial charge in [-0.3, -0.25) is 20.4 Å². The van der Waals surface area contributed by atoms with Gasteiger partial charge in [-0.05, 0) is 49.6 Å². The Kier molecular flexibility index (Phi) is 5.45. The molecule has 0 saturated heterocycles. The average molecular weight is 362 g/mol. The Hall–Kier alpha value is -3.28. The first kappa shape index (κ1) is 18.5. The maximum atomic E-state index is 12.4. The molecule has 0 aliphatic rings. The van der Waals surface area contributed by atoms with Crippen molar-refractivity contribution < 1.29 is 9.59 Å². The topological polar surface area (TPSA) is 84.0 Å². The lowest BCUT2D eigenvalue weighted by atomic mass is 10.1. The Bertz CT molecular complexity index is 1010. The molecular formula is C21H22N4O2. The zero-order chi connectivity index (χ0) is 19.4. The zero-order valence-electron chi connectivity index (χ0n) is 15.7. The molecule has 27 heavy (non-hydrogen) atoms. The molecule has 0 aliphatic heterocycles. The summed E-state index contributed by atoms with van der Waals surface area (Å²) in [6, 6.07) is 12.3. The molecule has 6 nitrogen and oxygen atoms in total. The number of benzene rings is 2. The number of aromatic nitrogens is 2. The van der Waals surface area contributed by atoms with Gasteiger partial charge < -0.3 is 0 Å². The van der Waals surface area contributed by atoms with E-state index in [1.54, 1.807) is 30.3 Å². The molecular weight excluding hydrogens is 340 g/mol. The predicted octanol–water partition coefficient (Wildman–Crippen LogP) is 3.14. The van der Waals surface area contributed by atoms with Crippen molar-refractivity contribution in [3.63, 3.8) is 0 Å². The molecule has 1 heterocycles. The number of nitrogens with zero attached hydrogens (tertiary/aromatic N) is 2. The summed E-state index contributed by atoms with van der Waals surface area (Å²) < 4.78 is 0. The molecule has 2 N–H and O–H groups in total. The van der Waals surface area contributed by atoms with Crippen molar-refractivity contribution in [2.75, 3.05) is 0 Å². The van der Waals surface area contributed by atoms with Crippen molar-refractivity contribution in [2.45, 2.75) is 33.6 Å². The van der Waals surface area contributed by atoms with Gasteiger partial charge in [0.15, 0.2) is 0 Å². The summed E-state index contributed by atoms with van der Waals surface area (Å²) in [6.45, 7) is 5.93. The third kappa shape index (κ3) is 3.95. The van der Waals surface area contributed by atoms with Crippen LogP contribution < -0.4 is 10.9 Å². The number of rotatable bonds is 4. The Morgan fingerprint density at radius 3 is 2.15 bits per heavy atom. The second kappa shape index (κ2) is 7.95. The van der Waals surface area contributed by atoms with Gasteiger partial charge in [0.05, 0.1) is 22.4 Å². The molecule has 138 valence electrons. The van der Waals surface area contributed by atoms with Crippen LogP contribution in [-0.2, 0) is 12.8 Å². The van der Waals surface area contributed by atoms with Crippen molar-refractivity contribution in [2.24, 2.45) is 0 Å². The average Bonchev–Trinajstić information content (AvgIpc) is 2.70. The fourth-order valence-corrected chi connectivity index (χ4v) is 2.92. The lowest BCUT2D eigenvalue weighted by Crippen LogP contribution is -2.41. The third-order valence-corrected chi connectivity index (χ3v) is 4.43. The van der Waals surface area contributed by atoms with E-state index in [1.165, 1.54) is 0 Å². The third-order valence-electron chi connectivity index (χ3n) is 4.43. The van der Waals surface area contributed by atoms with Crippen molar-refractivity contribution in [3.05, 3.63) is 70.5 Å². The second-order valence-corrected chi connectivity index (χ2v) is 6.25. The quantitative estimate of drug-likeness (QED) is 0.699.